The zero-order valence-corrected chi connectivity index (χ0v) is 19.9. The molecule has 6 N–H and O–H groups in total. The van der Waals surface area contributed by atoms with Crippen LogP contribution < -0.4 is 16.8 Å². The van der Waals surface area contributed by atoms with E-state index in [4.69, 9.17) is 52.0 Å². The van der Waals surface area contributed by atoms with Gasteiger partial charge in [-0.25, -0.2) is 0 Å². The molecular weight excluding hydrogens is 607 g/mol. The van der Waals surface area contributed by atoms with Gasteiger partial charge in [0.05, 0.1) is 26.4 Å². The van der Waals surface area contributed by atoms with Crippen molar-refractivity contribution in [2.75, 3.05) is 23.4 Å². The van der Waals surface area contributed by atoms with Gasteiger partial charge < -0.3 is 21.9 Å². The molecule has 3 rings (SSSR count). The number of hydrogen-bond acceptors (Lipinski definition) is 4. The molecule has 1 aliphatic rings. The Kier molecular flexibility index (Phi) is 10.0. The second-order valence-corrected chi connectivity index (χ2v) is 8.49. The van der Waals surface area contributed by atoms with E-state index >= 15 is 0 Å². The fraction of sp³-hybridized carbons (Fsp3) is 0.188. The fourth-order valence-electron chi connectivity index (χ4n) is 1.80. The summed E-state index contributed by atoms with van der Waals surface area (Å²) < 4.78 is 2.01. The topological polar surface area (TPSA) is 84.3 Å². The van der Waals surface area contributed by atoms with Gasteiger partial charge in [0.2, 0.25) is 0 Å². The van der Waals surface area contributed by atoms with E-state index in [0.717, 1.165) is 29.3 Å². The van der Waals surface area contributed by atoms with Crippen molar-refractivity contribution in [3.05, 3.63) is 47.0 Å². The Labute approximate surface area is 189 Å². The fourth-order valence-corrected chi connectivity index (χ4v) is 3.42. The summed E-state index contributed by atoms with van der Waals surface area (Å²) >= 11 is 21.1. The number of nitrogen functional groups attached to an aromatic ring is 2. The maximum Gasteiger partial charge on any atom is 0.0842 e. The van der Waals surface area contributed by atoms with E-state index in [1.54, 1.807) is 19.1 Å². The molecule has 0 aliphatic carbocycles. The Morgan fingerprint density at radius 3 is 2.12 bits per heavy atom. The van der Waals surface area contributed by atoms with Crippen molar-refractivity contribution in [2.45, 2.75) is 13.3 Å². The van der Waals surface area contributed by atoms with E-state index in [1.807, 2.05) is 6.07 Å². The molecule has 0 amide bonds. The van der Waals surface area contributed by atoms with Crippen molar-refractivity contribution in [2.24, 2.45) is 0 Å². The van der Waals surface area contributed by atoms with Crippen molar-refractivity contribution >= 4 is 103 Å². The predicted molar refractivity (Wildman–Crippen MR) is 130 cm³/mol. The zero-order chi connectivity index (χ0) is 19.1. The Morgan fingerprint density at radius 1 is 1.08 bits per heavy atom. The van der Waals surface area contributed by atoms with Crippen LogP contribution in [0.3, 0.4) is 0 Å². The molecule has 0 saturated carbocycles. The molecule has 2 aromatic carbocycles. The largest absolute Gasteiger partial charge is 0.397 e. The highest BCUT2D eigenvalue weighted by molar-refractivity contribution is 14.1. The molecule has 9 heteroatoms. The molecule has 0 aromatic heterocycles. The number of aliphatic hydroxyl groups is 1. The average molecular weight is 624 g/mol. The van der Waals surface area contributed by atoms with Crippen LogP contribution in [0.15, 0.2) is 24.3 Å². The quantitative estimate of drug-likeness (QED) is 0.181. The predicted octanol–water partition coefficient (Wildman–Crippen LogP) is 5.35. The summed E-state index contributed by atoms with van der Waals surface area (Å²) in [6.07, 6.45) is 0.845. The van der Waals surface area contributed by atoms with E-state index in [1.165, 1.54) is 5.56 Å². The van der Waals surface area contributed by atoms with Crippen LogP contribution in [-0.4, -0.2) is 16.7 Å². The molecule has 0 saturated heterocycles. The van der Waals surface area contributed by atoms with E-state index in [-0.39, 0.29) is 6.61 Å². The highest BCUT2D eigenvalue weighted by Crippen LogP contribution is 2.30. The lowest BCUT2D eigenvalue weighted by Gasteiger charge is -2.01. The number of halogens is 4. The molecule has 136 valence electrons. The summed E-state index contributed by atoms with van der Waals surface area (Å²) in [5, 5.41) is 12.1. The summed E-state index contributed by atoms with van der Waals surface area (Å²) in [6, 6.07) is 7.40. The third-order valence-corrected chi connectivity index (χ3v) is 6.19. The molecule has 2 aromatic rings. The molecule has 0 bridgehead atoms. The van der Waals surface area contributed by atoms with Crippen molar-refractivity contribution < 1.29 is 5.11 Å². The SMILES string of the molecule is CCO.Nc1cc(Cl)c(I)cc1N.S=C1Cc2cc(I)c(Cl)cc2N1. The van der Waals surface area contributed by atoms with Gasteiger partial charge in [0.15, 0.2) is 0 Å². The molecule has 0 fully saturated rings. The van der Waals surface area contributed by atoms with Crippen LogP contribution in [0, 0.1) is 7.14 Å². The van der Waals surface area contributed by atoms with Crippen molar-refractivity contribution in [1.29, 1.82) is 0 Å². The van der Waals surface area contributed by atoms with Crippen LogP contribution >= 0.6 is 80.6 Å². The number of aliphatic hydroxyl groups excluding tert-OH is 1. The number of benzene rings is 2. The number of nitrogens with one attached hydrogen (secondary N) is 1. The monoisotopic (exact) mass is 623 g/mol. The number of hydrogen-bond donors (Lipinski definition) is 4. The molecule has 25 heavy (non-hydrogen) atoms. The molecule has 0 atom stereocenters. The minimum atomic E-state index is 0.250. The third-order valence-electron chi connectivity index (χ3n) is 2.90. The lowest BCUT2D eigenvalue weighted by molar-refractivity contribution is 0.318. The second kappa shape index (κ2) is 10.9. The number of thiocarbonyl (C=S) groups is 1. The van der Waals surface area contributed by atoms with Crippen LogP contribution in [0.25, 0.3) is 0 Å². The van der Waals surface area contributed by atoms with Gasteiger partial charge in [0.25, 0.3) is 0 Å². The maximum atomic E-state index is 7.57. The number of rotatable bonds is 0. The average Bonchev–Trinajstić information content (AvgIpc) is 2.86. The van der Waals surface area contributed by atoms with Gasteiger partial charge in [-0.15, -0.1) is 0 Å². The highest BCUT2D eigenvalue weighted by Gasteiger charge is 2.15. The highest BCUT2D eigenvalue weighted by atomic mass is 127. The molecular formula is C16H17Cl2I2N3OS. The van der Waals surface area contributed by atoms with Crippen molar-refractivity contribution in [3.63, 3.8) is 0 Å². The lowest BCUT2D eigenvalue weighted by Crippen LogP contribution is -2.00. The first-order valence-electron chi connectivity index (χ1n) is 7.08. The molecule has 1 aliphatic heterocycles. The second-order valence-electron chi connectivity index (χ2n) is 4.86. The lowest BCUT2D eigenvalue weighted by atomic mass is 10.2. The minimum absolute atomic E-state index is 0.250. The van der Waals surface area contributed by atoms with Gasteiger partial charge >= 0.3 is 0 Å². The van der Waals surface area contributed by atoms with Gasteiger partial charge in [-0.3, -0.25) is 0 Å². The third kappa shape index (κ3) is 7.22. The first-order valence-corrected chi connectivity index (χ1v) is 10.4. The number of anilines is 3. The van der Waals surface area contributed by atoms with Gasteiger partial charge in [0, 0.05) is 25.9 Å². The Bertz CT molecular complexity index is 692. The van der Waals surface area contributed by atoms with Crippen molar-refractivity contribution in [1.82, 2.24) is 0 Å². The van der Waals surface area contributed by atoms with Gasteiger partial charge in [-0.2, -0.15) is 0 Å². The molecule has 0 unspecified atom stereocenters. The van der Waals surface area contributed by atoms with Crippen LogP contribution in [0.2, 0.25) is 10.0 Å². The van der Waals surface area contributed by atoms with Gasteiger partial charge in [0.1, 0.15) is 0 Å². The summed E-state index contributed by atoms with van der Waals surface area (Å²) in [7, 11) is 0. The molecule has 1 heterocycles. The first-order chi connectivity index (χ1) is 11.7. The summed E-state index contributed by atoms with van der Waals surface area (Å²) in [5.74, 6) is 0. The number of nitrogens with two attached hydrogens (primary N) is 2. The molecule has 4 nitrogen and oxygen atoms in total. The smallest absolute Gasteiger partial charge is 0.0842 e. The van der Waals surface area contributed by atoms with Crippen molar-refractivity contribution in [3.8, 4) is 0 Å². The van der Waals surface area contributed by atoms with Gasteiger partial charge in [-0.1, -0.05) is 35.4 Å². The van der Waals surface area contributed by atoms with E-state index < -0.39 is 0 Å². The summed E-state index contributed by atoms with van der Waals surface area (Å²) in [4.78, 5) is 0.878. The Balaban J connectivity index is 0.000000220. The molecule has 0 radical (unpaired) electrons. The van der Waals surface area contributed by atoms with E-state index in [2.05, 4.69) is 56.6 Å². The molecule has 0 spiro atoms. The number of fused-ring (bicyclic) bond motifs is 1. The van der Waals surface area contributed by atoms with Crippen LogP contribution in [0.1, 0.15) is 12.5 Å². The Hall–Kier alpha value is -0.0700. The van der Waals surface area contributed by atoms with Crippen LogP contribution in [0.4, 0.5) is 17.1 Å². The van der Waals surface area contributed by atoms with Crippen LogP contribution in [-0.2, 0) is 6.42 Å². The minimum Gasteiger partial charge on any atom is -0.397 e. The van der Waals surface area contributed by atoms with Gasteiger partial charge in [-0.05, 0) is 81.9 Å². The van der Waals surface area contributed by atoms with E-state index in [9.17, 15) is 0 Å². The summed E-state index contributed by atoms with van der Waals surface area (Å²) in [5.41, 5.74) is 14.4. The standard InChI is InChI=1S/C8H5ClINS.C6H6ClIN2.C2H6O/c9-5-3-7-4(1-6(5)10)2-8(12)11-7;7-3-1-5(9)6(10)2-4(3)8;1-2-3/h1,3H,2H2,(H,11,12);1-2H,9-10H2;3H,2H2,1H3. The first kappa shape index (κ1) is 23.0. The normalized spacial score (nSPS) is 11.5. The van der Waals surface area contributed by atoms with Crippen LogP contribution in [0.5, 0.6) is 0 Å². The maximum absolute atomic E-state index is 7.57. The Morgan fingerprint density at radius 2 is 1.56 bits per heavy atom. The summed E-state index contributed by atoms with van der Waals surface area (Å²) in [6.45, 7) is 1.93. The zero-order valence-electron chi connectivity index (χ0n) is 13.2. The van der Waals surface area contributed by atoms with E-state index in [0.29, 0.717) is 16.4 Å².